The maximum absolute atomic E-state index is 12.8. The van der Waals surface area contributed by atoms with Gasteiger partial charge in [-0.3, -0.25) is 9.59 Å². The molecule has 1 heterocycles. The number of carbonyl (C=O) groups is 1. The Morgan fingerprint density at radius 3 is 2.63 bits per heavy atom. The molecule has 0 unspecified atom stereocenters. The minimum Gasteiger partial charge on any atom is -0.490 e. The highest BCUT2D eigenvalue weighted by Gasteiger charge is 2.19. The maximum atomic E-state index is 12.8. The molecule has 146 valence electrons. The molecule has 0 spiro atoms. The van der Waals surface area contributed by atoms with Gasteiger partial charge in [-0.1, -0.05) is 32.9 Å². The third-order valence-corrected chi connectivity index (χ3v) is 4.45. The molecular weight excluding hydrogens is 376 g/mol. The van der Waals surface area contributed by atoms with Gasteiger partial charge in [0.05, 0.1) is 15.8 Å². The number of hydrogen-bond acceptors (Lipinski definition) is 5. The molecule has 0 radical (unpaired) electrons. The number of halogens is 2. The van der Waals surface area contributed by atoms with Crippen molar-refractivity contribution in [1.29, 1.82) is 0 Å². The van der Waals surface area contributed by atoms with Crippen LogP contribution in [-0.2, 0) is 4.79 Å². The van der Waals surface area contributed by atoms with Gasteiger partial charge in [-0.2, -0.15) is 8.78 Å². The first-order valence-corrected chi connectivity index (χ1v) is 9.11. The molecule has 0 saturated carbocycles. The highest BCUT2D eigenvalue weighted by Crippen LogP contribution is 2.33. The Labute approximate surface area is 158 Å². The minimum atomic E-state index is -3.03. The van der Waals surface area contributed by atoms with Crippen molar-refractivity contribution in [3.8, 4) is 11.5 Å². The number of alkyl halides is 2. The quantitative estimate of drug-likeness (QED) is 0.814. The lowest BCUT2D eigenvalue weighted by molar-refractivity contribution is -0.120. The number of carbonyl (C=O) groups excluding carboxylic acids is 1. The maximum Gasteiger partial charge on any atom is 0.387 e. The van der Waals surface area contributed by atoms with Crippen LogP contribution in [0.5, 0.6) is 11.5 Å². The van der Waals surface area contributed by atoms with Crippen LogP contribution in [0, 0.1) is 5.41 Å². The number of ether oxygens (including phenoxy) is 2. The fraction of sp³-hybridized carbons (Fsp3) is 0.368. The van der Waals surface area contributed by atoms with Gasteiger partial charge < -0.3 is 14.5 Å². The summed E-state index contributed by atoms with van der Waals surface area (Å²) in [6.45, 7) is 4.29. The van der Waals surface area contributed by atoms with Gasteiger partial charge in [0, 0.05) is 17.1 Å². The number of ketones is 1. The number of aromatic amines is 1. The molecule has 8 heteroatoms. The predicted octanol–water partition coefficient (Wildman–Crippen LogP) is 2.66. The summed E-state index contributed by atoms with van der Waals surface area (Å²) in [6.07, 6.45) is 2.80. The Morgan fingerprint density at radius 1 is 1.33 bits per heavy atom. The second kappa shape index (κ2) is 8.47. The number of Topliss-reactive ketones (excluding diaryl/α,β-unsaturated/α-hetero) is 1. The molecule has 0 aliphatic heterocycles. The fourth-order valence-corrected chi connectivity index (χ4v) is 3.01. The number of para-hydroxylation sites is 1. The monoisotopic (exact) mass is 397 g/mol. The lowest BCUT2D eigenvalue weighted by Crippen LogP contribution is -2.22. The van der Waals surface area contributed by atoms with E-state index in [1.807, 2.05) is 0 Å². The van der Waals surface area contributed by atoms with Gasteiger partial charge in [0.25, 0.3) is 5.56 Å². The SMILES string of the molecule is CCOc1cccc(/C=c2\s/c(=C\C(=O)C(C)(C)C)[nH]c2=O)c1OC(F)F. The van der Waals surface area contributed by atoms with Gasteiger partial charge in [-0.25, -0.2) is 0 Å². The first kappa shape index (κ1) is 20.8. The summed E-state index contributed by atoms with van der Waals surface area (Å²) < 4.78 is 36.2. The minimum absolute atomic E-state index is 0.133. The molecule has 5 nitrogen and oxygen atoms in total. The van der Waals surface area contributed by atoms with Crippen LogP contribution in [-0.4, -0.2) is 24.0 Å². The van der Waals surface area contributed by atoms with Crippen molar-refractivity contribution in [2.75, 3.05) is 6.61 Å². The average molecular weight is 397 g/mol. The van der Waals surface area contributed by atoms with Gasteiger partial charge in [0.2, 0.25) is 0 Å². The number of nitrogens with one attached hydrogen (secondary N) is 1. The van der Waals surface area contributed by atoms with Crippen molar-refractivity contribution in [2.24, 2.45) is 5.41 Å². The molecule has 2 aromatic rings. The Hall–Kier alpha value is -2.48. The number of H-pyrrole nitrogens is 1. The van der Waals surface area contributed by atoms with E-state index in [9.17, 15) is 18.4 Å². The van der Waals surface area contributed by atoms with Crippen LogP contribution >= 0.6 is 11.3 Å². The molecule has 0 bridgehead atoms. The van der Waals surface area contributed by atoms with Crippen LogP contribution in [0.3, 0.4) is 0 Å². The standard InChI is InChI=1S/C19H21F2NO4S/c1-5-25-12-8-6-7-11(16(12)26-18(20)21)9-13-17(24)22-15(27-13)10-14(23)19(2,3)4/h6-10,18H,5H2,1-4H3,(H,22,24)/b13-9-,15-10-. The van der Waals surface area contributed by atoms with Crippen LogP contribution in [0.2, 0.25) is 0 Å². The zero-order valence-electron chi connectivity index (χ0n) is 15.5. The number of rotatable bonds is 6. The zero-order valence-corrected chi connectivity index (χ0v) is 16.3. The fourth-order valence-electron chi connectivity index (χ4n) is 2.13. The number of hydrogen-bond donors (Lipinski definition) is 1. The summed E-state index contributed by atoms with van der Waals surface area (Å²) in [6, 6.07) is 4.68. The second-order valence-corrected chi connectivity index (χ2v) is 7.76. The molecule has 2 rings (SSSR count). The van der Waals surface area contributed by atoms with Crippen LogP contribution in [0.25, 0.3) is 12.2 Å². The number of thiazole rings is 1. The largest absolute Gasteiger partial charge is 0.490 e. The van der Waals surface area contributed by atoms with Crippen LogP contribution < -0.4 is 24.2 Å². The summed E-state index contributed by atoms with van der Waals surface area (Å²) in [5.41, 5.74) is -0.713. The molecule has 0 amide bonds. The lowest BCUT2D eigenvalue weighted by atomic mass is 9.91. The van der Waals surface area contributed by atoms with E-state index in [2.05, 4.69) is 9.72 Å². The van der Waals surface area contributed by atoms with Crippen LogP contribution in [0.4, 0.5) is 8.78 Å². The Morgan fingerprint density at radius 2 is 2.04 bits per heavy atom. The third kappa shape index (κ3) is 5.50. The summed E-state index contributed by atoms with van der Waals surface area (Å²) in [7, 11) is 0. The van der Waals surface area contributed by atoms with E-state index in [0.29, 0.717) is 4.66 Å². The summed E-state index contributed by atoms with van der Waals surface area (Å²) in [5.74, 6) is -0.112. The van der Waals surface area contributed by atoms with Gasteiger partial charge in [0.1, 0.15) is 0 Å². The van der Waals surface area contributed by atoms with Crippen molar-refractivity contribution >= 4 is 29.3 Å². The molecule has 0 saturated heterocycles. The molecule has 1 aromatic carbocycles. The van der Waals surface area contributed by atoms with E-state index < -0.39 is 17.6 Å². The normalized spacial score (nSPS) is 13.3. The van der Waals surface area contributed by atoms with Gasteiger partial charge in [-0.05, 0) is 19.1 Å². The van der Waals surface area contributed by atoms with Crippen LogP contribution in [0.15, 0.2) is 23.0 Å². The predicted molar refractivity (Wildman–Crippen MR) is 101 cm³/mol. The van der Waals surface area contributed by atoms with E-state index in [1.165, 1.54) is 18.2 Å². The van der Waals surface area contributed by atoms with Crippen molar-refractivity contribution in [2.45, 2.75) is 34.3 Å². The summed E-state index contributed by atoms with van der Waals surface area (Å²) >= 11 is 1.06. The first-order valence-electron chi connectivity index (χ1n) is 8.29. The molecule has 1 aromatic heterocycles. The number of aromatic nitrogens is 1. The lowest BCUT2D eigenvalue weighted by Gasteiger charge is -2.13. The molecule has 1 N–H and O–H groups in total. The van der Waals surface area contributed by atoms with E-state index in [1.54, 1.807) is 39.8 Å². The topological polar surface area (TPSA) is 68.4 Å². The zero-order chi connectivity index (χ0) is 20.2. The average Bonchev–Trinajstić information content (AvgIpc) is 2.88. The Bertz CT molecular complexity index is 986. The number of benzene rings is 1. The molecule has 0 aliphatic carbocycles. The van der Waals surface area contributed by atoms with Crippen molar-refractivity contribution in [1.82, 2.24) is 4.98 Å². The van der Waals surface area contributed by atoms with Gasteiger partial charge in [-0.15, -0.1) is 11.3 Å². The highest BCUT2D eigenvalue weighted by atomic mass is 32.1. The highest BCUT2D eigenvalue weighted by molar-refractivity contribution is 7.07. The second-order valence-electron chi connectivity index (χ2n) is 6.67. The smallest absolute Gasteiger partial charge is 0.387 e. The van der Waals surface area contributed by atoms with Crippen molar-refractivity contribution in [3.63, 3.8) is 0 Å². The van der Waals surface area contributed by atoms with Gasteiger partial charge in [0.15, 0.2) is 17.3 Å². The van der Waals surface area contributed by atoms with Gasteiger partial charge >= 0.3 is 6.61 Å². The van der Waals surface area contributed by atoms with E-state index in [-0.39, 0.29) is 34.0 Å². The van der Waals surface area contributed by atoms with Crippen molar-refractivity contribution in [3.05, 3.63) is 43.3 Å². The molecule has 0 aliphatic rings. The Balaban J connectivity index is 2.57. The summed E-state index contributed by atoms with van der Waals surface area (Å²) in [5, 5.41) is 0. The van der Waals surface area contributed by atoms with E-state index in [0.717, 1.165) is 11.3 Å². The van der Waals surface area contributed by atoms with Crippen molar-refractivity contribution < 1.29 is 23.0 Å². The third-order valence-electron chi connectivity index (χ3n) is 3.48. The molecule has 0 fully saturated rings. The van der Waals surface area contributed by atoms with Crippen LogP contribution in [0.1, 0.15) is 33.3 Å². The molecule has 27 heavy (non-hydrogen) atoms. The molecular formula is C19H21F2NO4S. The first-order chi connectivity index (χ1) is 12.6. The van der Waals surface area contributed by atoms with E-state index in [4.69, 9.17) is 4.74 Å². The molecule has 0 atom stereocenters. The summed E-state index contributed by atoms with van der Waals surface area (Å²) in [4.78, 5) is 26.9. The Kier molecular flexibility index (Phi) is 6.54. The van der Waals surface area contributed by atoms with E-state index >= 15 is 0 Å².